The summed E-state index contributed by atoms with van der Waals surface area (Å²) in [7, 11) is 0. The van der Waals surface area contributed by atoms with Crippen LogP contribution >= 0.6 is 23.2 Å². The van der Waals surface area contributed by atoms with Crippen molar-refractivity contribution in [2.75, 3.05) is 13.1 Å². The minimum absolute atomic E-state index is 0.0613. The van der Waals surface area contributed by atoms with Gasteiger partial charge in [-0.15, -0.1) is 0 Å². The fourth-order valence-corrected chi connectivity index (χ4v) is 3.54. The molecule has 0 radical (unpaired) electrons. The summed E-state index contributed by atoms with van der Waals surface area (Å²) in [4.78, 5) is 2.38. The van der Waals surface area contributed by atoms with E-state index in [-0.39, 0.29) is 6.04 Å². The molecule has 0 amide bonds. The molecule has 0 spiro atoms. The molecule has 0 unspecified atom stereocenters. The maximum atomic E-state index is 11.0. The molecule has 1 saturated heterocycles. The lowest BCUT2D eigenvalue weighted by atomic mass is 9.93. The lowest BCUT2D eigenvalue weighted by Gasteiger charge is -2.37. The number of likely N-dealkylation sites (tertiary alicyclic amines) is 1. The molecule has 1 heterocycles. The quantitative estimate of drug-likeness (QED) is 0.814. The van der Waals surface area contributed by atoms with Crippen molar-refractivity contribution in [1.82, 2.24) is 4.90 Å². The van der Waals surface area contributed by atoms with Crippen LogP contribution in [0, 0.1) is 0 Å². The third-order valence-corrected chi connectivity index (χ3v) is 5.01. The van der Waals surface area contributed by atoms with Crippen molar-refractivity contribution in [2.45, 2.75) is 31.4 Å². The van der Waals surface area contributed by atoms with Gasteiger partial charge in [0, 0.05) is 10.0 Å². The minimum Gasteiger partial charge on any atom is -0.386 e. The Morgan fingerprint density at radius 3 is 1.74 bits per heavy atom. The van der Waals surface area contributed by atoms with Gasteiger partial charge in [0.25, 0.3) is 0 Å². The lowest BCUT2D eigenvalue weighted by Crippen LogP contribution is -2.37. The zero-order chi connectivity index (χ0) is 16.2. The van der Waals surface area contributed by atoms with Gasteiger partial charge < -0.3 is 5.11 Å². The van der Waals surface area contributed by atoms with Gasteiger partial charge in [0.1, 0.15) is 0 Å². The number of aliphatic hydroxyl groups excluding tert-OH is 1. The lowest BCUT2D eigenvalue weighted by molar-refractivity contribution is 0.0362. The summed E-state index contributed by atoms with van der Waals surface area (Å²) < 4.78 is 0. The van der Waals surface area contributed by atoms with Crippen molar-refractivity contribution in [2.24, 2.45) is 0 Å². The molecular weight excluding hydrogens is 329 g/mol. The van der Waals surface area contributed by atoms with Crippen LogP contribution in [-0.4, -0.2) is 23.1 Å². The Morgan fingerprint density at radius 1 is 0.739 bits per heavy atom. The van der Waals surface area contributed by atoms with E-state index in [1.165, 1.54) is 19.3 Å². The van der Waals surface area contributed by atoms with E-state index in [1.807, 2.05) is 48.5 Å². The summed E-state index contributed by atoms with van der Waals surface area (Å²) in [6.07, 6.45) is 3.03. The summed E-state index contributed by atoms with van der Waals surface area (Å²) in [6, 6.07) is 15.2. The van der Waals surface area contributed by atoms with Gasteiger partial charge in [-0.3, -0.25) is 4.90 Å². The van der Waals surface area contributed by atoms with E-state index >= 15 is 0 Å². The smallest absolute Gasteiger partial charge is 0.0986 e. The molecule has 2 aromatic carbocycles. The number of piperidine rings is 1. The number of nitrogens with zero attached hydrogens (tertiary/aromatic N) is 1. The first kappa shape index (κ1) is 16.8. The average Bonchev–Trinajstić information content (AvgIpc) is 2.58. The second-order valence-electron chi connectivity index (χ2n) is 6.09. The Hall–Kier alpha value is -1.06. The first-order valence-corrected chi connectivity index (χ1v) is 8.84. The molecule has 1 fully saturated rings. The molecule has 1 aliphatic heterocycles. The van der Waals surface area contributed by atoms with Crippen molar-refractivity contribution >= 4 is 23.2 Å². The highest BCUT2D eigenvalue weighted by atomic mass is 35.5. The highest BCUT2D eigenvalue weighted by molar-refractivity contribution is 6.30. The molecular formula is C19H21Cl2NO. The monoisotopic (exact) mass is 349 g/mol. The highest BCUT2D eigenvalue weighted by Gasteiger charge is 2.29. The normalized spacial score (nSPS) is 18.6. The van der Waals surface area contributed by atoms with Gasteiger partial charge in [0.2, 0.25) is 0 Å². The van der Waals surface area contributed by atoms with E-state index in [1.54, 1.807) is 0 Å². The van der Waals surface area contributed by atoms with Crippen LogP contribution in [0.4, 0.5) is 0 Å². The number of halogens is 2. The molecule has 0 saturated carbocycles. The predicted octanol–water partition coefficient (Wildman–Crippen LogP) is 5.25. The molecule has 0 aliphatic carbocycles. The first-order chi connectivity index (χ1) is 11.1. The molecule has 122 valence electrons. The van der Waals surface area contributed by atoms with E-state index in [0.717, 1.165) is 24.2 Å². The summed E-state index contributed by atoms with van der Waals surface area (Å²) in [6.45, 7) is 2.02. The number of benzene rings is 2. The van der Waals surface area contributed by atoms with Crippen molar-refractivity contribution in [3.05, 3.63) is 69.7 Å². The summed E-state index contributed by atoms with van der Waals surface area (Å²) in [5.41, 5.74) is 1.98. The second-order valence-corrected chi connectivity index (χ2v) is 6.96. The fraction of sp³-hybridized carbons (Fsp3) is 0.368. The molecule has 2 atom stereocenters. The summed E-state index contributed by atoms with van der Waals surface area (Å²) in [5.74, 6) is 0. The number of hydrogen-bond acceptors (Lipinski definition) is 2. The molecule has 2 aromatic rings. The second kappa shape index (κ2) is 7.67. The van der Waals surface area contributed by atoms with Crippen molar-refractivity contribution in [3.8, 4) is 0 Å². The molecule has 1 N–H and O–H groups in total. The first-order valence-electron chi connectivity index (χ1n) is 8.08. The maximum absolute atomic E-state index is 11.0. The van der Waals surface area contributed by atoms with E-state index in [4.69, 9.17) is 23.2 Å². The third-order valence-electron chi connectivity index (χ3n) is 4.51. The molecule has 3 rings (SSSR count). The Morgan fingerprint density at radius 2 is 1.22 bits per heavy atom. The van der Waals surface area contributed by atoms with Crippen LogP contribution in [0.25, 0.3) is 0 Å². The number of aliphatic hydroxyl groups is 1. The van der Waals surface area contributed by atoms with Crippen LogP contribution in [0.15, 0.2) is 48.5 Å². The van der Waals surface area contributed by atoms with Crippen molar-refractivity contribution in [3.63, 3.8) is 0 Å². The van der Waals surface area contributed by atoms with Crippen molar-refractivity contribution < 1.29 is 5.11 Å². The molecule has 23 heavy (non-hydrogen) atoms. The maximum Gasteiger partial charge on any atom is 0.0986 e. The van der Waals surface area contributed by atoms with Crippen LogP contribution in [0.5, 0.6) is 0 Å². The van der Waals surface area contributed by atoms with Gasteiger partial charge in [0.15, 0.2) is 0 Å². The van der Waals surface area contributed by atoms with Crippen molar-refractivity contribution in [1.29, 1.82) is 0 Å². The minimum atomic E-state index is -0.591. The van der Waals surface area contributed by atoms with E-state index in [0.29, 0.717) is 10.0 Å². The molecule has 2 nitrogen and oxygen atoms in total. The SMILES string of the molecule is O[C@H](c1ccc(Cl)cc1)[C@@H](c1ccc(Cl)cc1)N1CCCCC1. The Labute approximate surface area is 147 Å². The van der Waals surface area contributed by atoms with Gasteiger partial charge in [-0.25, -0.2) is 0 Å². The van der Waals surface area contributed by atoms with Gasteiger partial charge in [-0.1, -0.05) is 53.9 Å². The van der Waals surface area contributed by atoms with Gasteiger partial charge in [0.05, 0.1) is 12.1 Å². The van der Waals surface area contributed by atoms with E-state index in [9.17, 15) is 5.11 Å². The molecule has 0 bridgehead atoms. The van der Waals surface area contributed by atoms with Crippen LogP contribution < -0.4 is 0 Å². The van der Waals surface area contributed by atoms with E-state index in [2.05, 4.69) is 4.90 Å². The zero-order valence-electron chi connectivity index (χ0n) is 13.0. The van der Waals surface area contributed by atoms with Gasteiger partial charge in [-0.2, -0.15) is 0 Å². The van der Waals surface area contributed by atoms with Crippen LogP contribution in [0.1, 0.15) is 42.5 Å². The largest absolute Gasteiger partial charge is 0.386 e. The Balaban J connectivity index is 1.93. The summed E-state index contributed by atoms with van der Waals surface area (Å²) >= 11 is 12.0. The predicted molar refractivity (Wildman–Crippen MR) is 96.0 cm³/mol. The van der Waals surface area contributed by atoms with Crippen LogP contribution in [-0.2, 0) is 0 Å². The highest BCUT2D eigenvalue weighted by Crippen LogP contribution is 2.36. The molecule has 1 aliphatic rings. The third kappa shape index (κ3) is 4.07. The van der Waals surface area contributed by atoms with Gasteiger partial charge in [-0.05, 0) is 61.3 Å². The topological polar surface area (TPSA) is 23.5 Å². The Kier molecular flexibility index (Phi) is 5.60. The summed E-state index contributed by atoms with van der Waals surface area (Å²) in [5, 5.41) is 12.4. The average molecular weight is 350 g/mol. The van der Waals surface area contributed by atoms with E-state index < -0.39 is 6.10 Å². The van der Waals surface area contributed by atoms with Crippen LogP contribution in [0.2, 0.25) is 10.0 Å². The zero-order valence-corrected chi connectivity index (χ0v) is 14.5. The number of hydrogen-bond donors (Lipinski definition) is 1. The van der Waals surface area contributed by atoms with Crippen LogP contribution in [0.3, 0.4) is 0 Å². The number of rotatable bonds is 4. The fourth-order valence-electron chi connectivity index (χ4n) is 3.29. The molecule has 4 heteroatoms. The Bertz CT molecular complexity index is 621. The standard InChI is InChI=1S/C19H21Cl2NO/c20-16-8-4-14(5-9-16)18(22-12-2-1-3-13-22)19(23)15-6-10-17(21)11-7-15/h4-11,18-19,23H,1-3,12-13H2/t18-,19-/m1/s1. The van der Waals surface area contributed by atoms with Gasteiger partial charge >= 0.3 is 0 Å². The molecule has 0 aromatic heterocycles.